The van der Waals surface area contributed by atoms with E-state index in [-0.39, 0.29) is 4.90 Å². The highest BCUT2D eigenvalue weighted by Crippen LogP contribution is 2.29. The van der Waals surface area contributed by atoms with Crippen molar-refractivity contribution in [2.45, 2.75) is 43.4 Å². The Morgan fingerprint density at radius 3 is 2.27 bits per heavy atom. The molecule has 22 heavy (non-hydrogen) atoms. The Kier molecular flexibility index (Phi) is 6.08. The lowest BCUT2D eigenvalue weighted by Crippen LogP contribution is -2.29. The highest BCUT2D eigenvalue weighted by Gasteiger charge is 2.19. The number of nitrogens with one attached hydrogen (secondary N) is 1. The second kappa shape index (κ2) is 7.83. The van der Waals surface area contributed by atoms with Gasteiger partial charge in [0.25, 0.3) is 0 Å². The Morgan fingerprint density at radius 2 is 1.68 bits per heavy atom. The molecule has 124 valence electrons. The molecular formula is C16H25NO4S. The number of methoxy groups -OCH3 is 2. The van der Waals surface area contributed by atoms with Gasteiger partial charge in [0.2, 0.25) is 10.0 Å². The van der Waals surface area contributed by atoms with Crippen molar-refractivity contribution < 1.29 is 17.9 Å². The smallest absolute Gasteiger partial charge is 0.240 e. The molecule has 0 aliphatic heterocycles. The monoisotopic (exact) mass is 327 g/mol. The van der Waals surface area contributed by atoms with Crippen LogP contribution in [0.5, 0.6) is 11.5 Å². The molecule has 6 heteroatoms. The van der Waals surface area contributed by atoms with Gasteiger partial charge in [-0.25, -0.2) is 13.1 Å². The first kappa shape index (κ1) is 17.1. The molecule has 1 saturated carbocycles. The Morgan fingerprint density at radius 1 is 1.05 bits per heavy atom. The lowest BCUT2D eigenvalue weighted by molar-refractivity contribution is 0.354. The zero-order valence-corrected chi connectivity index (χ0v) is 14.1. The summed E-state index contributed by atoms with van der Waals surface area (Å²) in [6, 6.07) is 4.64. The van der Waals surface area contributed by atoms with Crippen molar-refractivity contribution in [2.24, 2.45) is 5.92 Å². The first-order chi connectivity index (χ1) is 10.6. The molecule has 1 aromatic rings. The molecule has 0 saturated heterocycles. The minimum Gasteiger partial charge on any atom is -0.493 e. The van der Waals surface area contributed by atoms with Gasteiger partial charge < -0.3 is 9.47 Å². The lowest BCUT2D eigenvalue weighted by Gasteiger charge is -2.15. The van der Waals surface area contributed by atoms with Gasteiger partial charge in [0.15, 0.2) is 11.5 Å². The van der Waals surface area contributed by atoms with Gasteiger partial charge in [0, 0.05) is 12.6 Å². The number of ether oxygens (including phenoxy) is 2. The van der Waals surface area contributed by atoms with Gasteiger partial charge in [0.05, 0.1) is 19.1 Å². The largest absolute Gasteiger partial charge is 0.493 e. The van der Waals surface area contributed by atoms with E-state index in [9.17, 15) is 8.42 Å². The highest BCUT2D eigenvalue weighted by atomic mass is 32.2. The molecule has 1 fully saturated rings. The second-order valence-corrected chi connectivity index (χ2v) is 7.49. The molecule has 1 N–H and O–H groups in total. The van der Waals surface area contributed by atoms with Crippen LogP contribution in [-0.4, -0.2) is 29.2 Å². The van der Waals surface area contributed by atoms with Crippen molar-refractivity contribution in [3.63, 3.8) is 0 Å². The van der Waals surface area contributed by atoms with Crippen LogP contribution in [0, 0.1) is 5.92 Å². The zero-order chi connectivity index (χ0) is 16.0. The Labute approximate surface area is 133 Å². The summed E-state index contributed by atoms with van der Waals surface area (Å²) in [5, 5.41) is 0. The highest BCUT2D eigenvalue weighted by molar-refractivity contribution is 7.89. The van der Waals surface area contributed by atoms with Crippen molar-refractivity contribution in [3.8, 4) is 11.5 Å². The summed E-state index contributed by atoms with van der Waals surface area (Å²) in [5.41, 5.74) is 0. The van der Waals surface area contributed by atoms with Gasteiger partial charge in [-0.1, -0.05) is 25.7 Å². The molecule has 0 aromatic heterocycles. The van der Waals surface area contributed by atoms with Gasteiger partial charge in [-0.05, 0) is 30.9 Å². The third-order valence-corrected chi connectivity index (χ3v) is 5.62. The van der Waals surface area contributed by atoms with E-state index >= 15 is 0 Å². The summed E-state index contributed by atoms with van der Waals surface area (Å²) in [7, 11) is -0.497. The summed E-state index contributed by atoms with van der Waals surface area (Å²) in [4.78, 5) is 0.207. The number of sulfonamides is 1. The van der Waals surface area contributed by atoms with E-state index in [2.05, 4.69) is 4.72 Å². The summed E-state index contributed by atoms with van der Waals surface area (Å²) in [5.74, 6) is 1.38. The van der Waals surface area contributed by atoms with E-state index < -0.39 is 10.0 Å². The number of hydrogen-bond donors (Lipinski definition) is 1. The van der Waals surface area contributed by atoms with Crippen LogP contribution in [0.4, 0.5) is 0 Å². The third kappa shape index (κ3) is 4.36. The van der Waals surface area contributed by atoms with Crippen LogP contribution >= 0.6 is 0 Å². The normalized spacial score (nSPS) is 17.0. The molecule has 1 aromatic carbocycles. The molecule has 2 rings (SSSR count). The maximum Gasteiger partial charge on any atom is 0.240 e. The predicted molar refractivity (Wildman–Crippen MR) is 85.9 cm³/mol. The molecule has 5 nitrogen and oxygen atoms in total. The Balaban J connectivity index is 2.06. The number of hydrogen-bond acceptors (Lipinski definition) is 4. The van der Waals surface area contributed by atoms with Crippen molar-refractivity contribution in [2.75, 3.05) is 20.8 Å². The molecule has 0 radical (unpaired) electrons. The van der Waals surface area contributed by atoms with Gasteiger partial charge in [-0.3, -0.25) is 0 Å². The van der Waals surface area contributed by atoms with E-state index in [0.29, 0.717) is 24.0 Å². The minimum atomic E-state index is -3.51. The van der Waals surface area contributed by atoms with Crippen molar-refractivity contribution >= 4 is 10.0 Å². The van der Waals surface area contributed by atoms with Crippen LogP contribution in [-0.2, 0) is 10.0 Å². The summed E-state index contributed by atoms with van der Waals surface area (Å²) in [6.45, 7) is 0.511. The molecule has 0 atom stereocenters. The minimum absolute atomic E-state index is 0.207. The van der Waals surface area contributed by atoms with E-state index in [1.807, 2.05) is 0 Å². The fourth-order valence-electron chi connectivity index (χ4n) is 2.86. The van der Waals surface area contributed by atoms with Crippen molar-refractivity contribution in [1.29, 1.82) is 0 Å². The molecule has 0 heterocycles. The van der Waals surface area contributed by atoms with Gasteiger partial charge in [0.1, 0.15) is 0 Å². The maximum absolute atomic E-state index is 12.4. The quantitative estimate of drug-likeness (QED) is 0.816. The maximum atomic E-state index is 12.4. The Hall–Kier alpha value is -1.27. The third-order valence-electron chi connectivity index (χ3n) is 4.20. The molecule has 0 unspecified atom stereocenters. The number of benzene rings is 1. The van der Waals surface area contributed by atoms with Crippen molar-refractivity contribution in [1.82, 2.24) is 4.72 Å². The fourth-order valence-corrected chi connectivity index (χ4v) is 3.99. The second-order valence-electron chi connectivity index (χ2n) is 5.73. The fraction of sp³-hybridized carbons (Fsp3) is 0.625. The van der Waals surface area contributed by atoms with Crippen LogP contribution < -0.4 is 14.2 Å². The molecular weight excluding hydrogens is 302 g/mol. The van der Waals surface area contributed by atoms with E-state index in [0.717, 1.165) is 12.8 Å². The van der Waals surface area contributed by atoms with Crippen LogP contribution in [0.2, 0.25) is 0 Å². The predicted octanol–water partition coefficient (Wildman–Crippen LogP) is 2.95. The SMILES string of the molecule is COc1ccc(S(=O)(=O)NCC2CCCCCC2)cc1OC. The van der Waals surface area contributed by atoms with Crippen LogP contribution in [0.1, 0.15) is 38.5 Å². The van der Waals surface area contributed by atoms with Gasteiger partial charge in [-0.15, -0.1) is 0 Å². The average Bonchev–Trinajstić information content (AvgIpc) is 2.81. The Bertz CT molecular complexity index is 578. The molecule has 1 aliphatic rings. The van der Waals surface area contributed by atoms with E-state index in [1.165, 1.54) is 52.0 Å². The molecule has 0 bridgehead atoms. The number of rotatable bonds is 6. The van der Waals surface area contributed by atoms with Crippen LogP contribution in [0.3, 0.4) is 0 Å². The lowest BCUT2D eigenvalue weighted by atomic mass is 10.0. The van der Waals surface area contributed by atoms with Crippen LogP contribution in [0.15, 0.2) is 23.1 Å². The van der Waals surface area contributed by atoms with Crippen molar-refractivity contribution in [3.05, 3.63) is 18.2 Å². The summed E-state index contributed by atoms with van der Waals surface area (Å²) < 4.78 is 37.9. The van der Waals surface area contributed by atoms with E-state index in [4.69, 9.17) is 9.47 Å². The van der Waals surface area contributed by atoms with Crippen LogP contribution in [0.25, 0.3) is 0 Å². The zero-order valence-electron chi connectivity index (χ0n) is 13.3. The summed E-state index contributed by atoms with van der Waals surface area (Å²) in [6.07, 6.45) is 7.13. The standard InChI is InChI=1S/C16H25NO4S/c1-20-15-10-9-14(11-16(15)21-2)22(18,19)17-12-13-7-5-3-4-6-8-13/h9-11,13,17H,3-8,12H2,1-2H3. The van der Waals surface area contributed by atoms with Gasteiger partial charge in [-0.2, -0.15) is 0 Å². The topological polar surface area (TPSA) is 64.6 Å². The first-order valence-electron chi connectivity index (χ1n) is 7.78. The van der Waals surface area contributed by atoms with Gasteiger partial charge >= 0.3 is 0 Å². The molecule has 1 aliphatic carbocycles. The average molecular weight is 327 g/mol. The summed E-state index contributed by atoms with van der Waals surface area (Å²) >= 11 is 0. The molecule has 0 amide bonds. The van der Waals surface area contributed by atoms with E-state index in [1.54, 1.807) is 6.07 Å². The molecule has 0 spiro atoms. The first-order valence-corrected chi connectivity index (χ1v) is 9.27.